The Labute approximate surface area is 139 Å². The Morgan fingerprint density at radius 1 is 1.38 bits per heavy atom. The first-order chi connectivity index (χ1) is 11.5. The van der Waals surface area contributed by atoms with E-state index in [0.717, 1.165) is 13.1 Å². The van der Waals surface area contributed by atoms with Gasteiger partial charge in [-0.05, 0) is 13.8 Å². The maximum Gasteiger partial charge on any atom is 0.194 e. The van der Waals surface area contributed by atoms with Crippen LogP contribution in [0.15, 0.2) is 11.0 Å². The molecule has 2 aliphatic rings. The molecule has 4 rings (SSSR count). The van der Waals surface area contributed by atoms with Crippen molar-refractivity contribution < 1.29 is 9.13 Å². The molecule has 3 heterocycles. The van der Waals surface area contributed by atoms with Gasteiger partial charge < -0.3 is 25.3 Å². The Morgan fingerprint density at radius 3 is 2.79 bits per heavy atom. The zero-order valence-corrected chi connectivity index (χ0v) is 13.9. The van der Waals surface area contributed by atoms with E-state index in [0.29, 0.717) is 42.2 Å². The summed E-state index contributed by atoms with van der Waals surface area (Å²) in [7, 11) is 0. The lowest BCUT2D eigenvalue weighted by atomic mass is 10.0. The van der Waals surface area contributed by atoms with E-state index in [-0.39, 0.29) is 22.5 Å². The smallest absolute Gasteiger partial charge is 0.194 e. The van der Waals surface area contributed by atoms with Gasteiger partial charge in [0.15, 0.2) is 17.0 Å². The highest BCUT2D eigenvalue weighted by atomic mass is 19.1. The summed E-state index contributed by atoms with van der Waals surface area (Å²) in [6, 6.07) is 0.0556. The van der Waals surface area contributed by atoms with Crippen LogP contribution < -0.4 is 26.1 Å². The van der Waals surface area contributed by atoms with Crippen molar-refractivity contribution in [1.82, 2.24) is 9.88 Å². The largest absolute Gasteiger partial charge is 0.487 e. The van der Waals surface area contributed by atoms with Gasteiger partial charge in [-0.15, -0.1) is 0 Å². The molecule has 3 N–H and O–H groups in total. The number of nitrogens with two attached hydrogens (primary N) is 1. The van der Waals surface area contributed by atoms with E-state index in [1.807, 2.05) is 22.6 Å². The van der Waals surface area contributed by atoms with Gasteiger partial charge in [0, 0.05) is 37.9 Å². The van der Waals surface area contributed by atoms with Gasteiger partial charge in [-0.25, -0.2) is 4.39 Å². The molecule has 1 fully saturated rings. The molecule has 1 aromatic heterocycles. The molecule has 0 radical (unpaired) electrons. The molecule has 24 heavy (non-hydrogen) atoms. The summed E-state index contributed by atoms with van der Waals surface area (Å²) in [5, 5.41) is 3.48. The molecule has 6 nitrogen and oxygen atoms in total. The van der Waals surface area contributed by atoms with E-state index >= 15 is 4.39 Å². The van der Waals surface area contributed by atoms with E-state index in [9.17, 15) is 4.79 Å². The average Bonchev–Trinajstić information content (AvgIpc) is 2.58. The van der Waals surface area contributed by atoms with Crippen molar-refractivity contribution in [3.05, 3.63) is 27.8 Å². The summed E-state index contributed by atoms with van der Waals surface area (Å²) in [4.78, 5) is 14.5. The molecule has 0 spiro atoms. The summed E-state index contributed by atoms with van der Waals surface area (Å²) in [5.74, 6) is -0.114. The van der Waals surface area contributed by atoms with Crippen molar-refractivity contribution in [3.63, 3.8) is 0 Å². The maximum atomic E-state index is 15.1. The number of anilines is 2. The molecule has 7 heteroatoms. The number of piperazine rings is 1. The molecule has 2 aromatic rings. The number of hydrogen-bond donors (Lipinski definition) is 2. The number of aromatic nitrogens is 1. The first-order valence-electron chi connectivity index (χ1n) is 8.25. The summed E-state index contributed by atoms with van der Waals surface area (Å²) >= 11 is 0. The lowest BCUT2D eigenvalue weighted by Gasteiger charge is -2.35. The molecule has 0 aliphatic carbocycles. The van der Waals surface area contributed by atoms with Gasteiger partial charge in [0.2, 0.25) is 0 Å². The van der Waals surface area contributed by atoms with Crippen LogP contribution in [0.25, 0.3) is 10.9 Å². The van der Waals surface area contributed by atoms with E-state index in [1.54, 1.807) is 6.92 Å². The number of rotatable bonds is 1. The second-order valence-electron chi connectivity index (χ2n) is 6.57. The monoisotopic (exact) mass is 332 g/mol. The van der Waals surface area contributed by atoms with Crippen molar-refractivity contribution in [2.45, 2.75) is 19.9 Å². The molecule has 1 saturated heterocycles. The Hall–Kier alpha value is -2.28. The number of aryl methyl sites for hydroxylation is 1. The lowest BCUT2D eigenvalue weighted by Crippen LogP contribution is -2.44. The minimum atomic E-state index is -0.553. The maximum absolute atomic E-state index is 15.1. The average molecular weight is 332 g/mol. The fourth-order valence-corrected chi connectivity index (χ4v) is 3.63. The zero-order valence-electron chi connectivity index (χ0n) is 13.9. The van der Waals surface area contributed by atoms with Crippen molar-refractivity contribution in [2.75, 3.05) is 43.4 Å². The summed E-state index contributed by atoms with van der Waals surface area (Å²) in [6.07, 6.45) is 1.82. The normalized spacial score (nSPS) is 20.3. The Kier molecular flexibility index (Phi) is 3.42. The summed E-state index contributed by atoms with van der Waals surface area (Å²) in [6.45, 7) is 7.06. The Morgan fingerprint density at radius 2 is 2.08 bits per heavy atom. The Bertz CT molecular complexity index is 887. The third-order valence-corrected chi connectivity index (χ3v) is 4.93. The van der Waals surface area contributed by atoms with Crippen LogP contribution in [0.1, 0.15) is 18.5 Å². The van der Waals surface area contributed by atoms with Crippen molar-refractivity contribution in [2.24, 2.45) is 0 Å². The van der Waals surface area contributed by atoms with E-state index in [2.05, 4.69) is 5.32 Å². The van der Waals surface area contributed by atoms with Gasteiger partial charge in [-0.2, -0.15) is 0 Å². The highest BCUT2D eigenvalue weighted by molar-refractivity contribution is 6.00. The van der Waals surface area contributed by atoms with Gasteiger partial charge in [0.05, 0.1) is 22.6 Å². The lowest BCUT2D eigenvalue weighted by molar-refractivity contribution is 0.246. The van der Waals surface area contributed by atoms with Crippen LogP contribution in [-0.2, 0) is 0 Å². The fourth-order valence-electron chi connectivity index (χ4n) is 3.63. The number of nitrogens with zero attached hydrogens (tertiary/aromatic N) is 2. The predicted molar refractivity (Wildman–Crippen MR) is 92.6 cm³/mol. The first kappa shape index (κ1) is 15.3. The van der Waals surface area contributed by atoms with E-state index in [4.69, 9.17) is 10.5 Å². The van der Waals surface area contributed by atoms with Crippen molar-refractivity contribution in [3.8, 4) is 5.75 Å². The first-order valence-corrected chi connectivity index (χ1v) is 8.25. The number of nitrogens with one attached hydrogen (secondary N) is 1. The third kappa shape index (κ3) is 2.00. The number of ether oxygens (including phenoxy) is 1. The molecule has 1 aromatic carbocycles. The molecular formula is C17H21FN4O2. The quantitative estimate of drug-likeness (QED) is 0.772. The number of nitrogen functional groups attached to an aromatic ring is 1. The van der Waals surface area contributed by atoms with Crippen molar-refractivity contribution in [1.29, 1.82) is 0 Å². The fraction of sp³-hybridized carbons (Fsp3) is 0.471. The van der Waals surface area contributed by atoms with Crippen LogP contribution in [0.2, 0.25) is 0 Å². The standard InChI is InChI=1S/C17H21FN4O2/c1-9-7-22-10(2)8-24-17-14(22)11(16(9)23)13(19)12(18)15(17)21-5-3-20-4-6-21/h7,10,20H,3-6,8,19H2,1-2H3. The molecule has 0 bridgehead atoms. The van der Waals surface area contributed by atoms with Gasteiger partial charge >= 0.3 is 0 Å². The second-order valence-corrected chi connectivity index (χ2v) is 6.57. The highest BCUT2D eigenvalue weighted by Crippen LogP contribution is 2.44. The number of halogens is 1. The highest BCUT2D eigenvalue weighted by Gasteiger charge is 2.31. The SMILES string of the molecule is Cc1cn2c3c(c(N4CCNCC4)c(F)c(N)c3c1=O)OCC2C. The zero-order chi connectivity index (χ0) is 17.0. The van der Waals surface area contributed by atoms with Crippen LogP contribution in [0, 0.1) is 12.7 Å². The summed E-state index contributed by atoms with van der Waals surface area (Å²) < 4.78 is 23.0. The minimum absolute atomic E-state index is 0.0556. The molecule has 128 valence electrons. The number of pyridine rings is 1. The molecule has 0 amide bonds. The molecule has 2 aliphatic heterocycles. The third-order valence-electron chi connectivity index (χ3n) is 4.93. The Balaban J connectivity index is 2.11. The second kappa shape index (κ2) is 5.37. The predicted octanol–water partition coefficient (Wildman–Crippen LogP) is 1.39. The van der Waals surface area contributed by atoms with Gasteiger partial charge in [-0.3, -0.25) is 4.79 Å². The molecule has 1 unspecified atom stereocenters. The number of hydrogen-bond acceptors (Lipinski definition) is 5. The molecular weight excluding hydrogens is 311 g/mol. The summed E-state index contributed by atoms with van der Waals surface area (Å²) in [5.41, 5.74) is 7.30. The van der Waals surface area contributed by atoms with E-state index in [1.165, 1.54) is 0 Å². The van der Waals surface area contributed by atoms with Crippen LogP contribution in [0.4, 0.5) is 15.8 Å². The molecule has 1 atom stereocenters. The van der Waals surface area contributed by atoms with E-state index < -0.39 is 5.82 Å². The van der Waals surface area contributed by atoms with Crippen LogP contribution in [-0.4, -0.2) is 37.4 Å². The van der Waals surface area contributed by atoms with Gasteiger partial charge in [-0.1, -0.05) is 0 Å². The molecule has 0 saturated carbocycles. The van der Waals surface area contributed by atoms with Crippen LogP contribution >= 0.6 is 0 Å². The van der Waals surface area contributed by atoms with Crippen LogP contribution in [0.3, 0.4) is 0 Å². The topological polar surface area (TPSA) is 72.5 Å². The van der Waals surface area contributed by atoms with Gasteiger partial charge in [0.1, 0.15) is 12.3 Å². The van der Waals surface area contributed by atoms with Crippen LogP contribution in [0.5, 0.6) is 5.75 Å². The number of benzene rings is 1. The van der Waals surface area contributed by atoms with Gasteiger partial charge in [0.25, 0.3) is 0 Å². The minimum Gasteiger partial charge on any atom is -0.487 e. The van der Waals surface area contributed by atoms with Crippen molar-refractivity contribution >= 4 is 22.3 Å².